The number of hydrogen-bond donors (Lipinski definition) is 2. The molecule has 0 saturated carbocycles. The lowest BCUT2D eigenvalue weighted by Gasteiger charge is -2.15. The van der Waals surface area contributed by atoms with E-state index in [1.807, 2.05) is 19.0 Å². The summed E-state index contributed by atoms with van der Waals surface area (Å²) < 4.78 is 48.9. The third-order valence-electron chi connectivity index (χ3n) is 3.88. The van der Waals surface area contributed by atoms with Gasteiger partial charge in [0.2, 0.25) is 5.96 Å². The first-order valence-corrected chi connectivity index (χ1v) is 8.82. The van der Waals surface area contributed by atoms with Gasteiger partial charge in [-0.3, -0.25) is 10.1 Å². The first-order chi connectivity index (χ1) is 13.6. The quantitative estimate of drug-likeness (QED) is 0.541. The highest BCUT2D eigenvalue weighted by Crippen LogP contribution is 2.38. The standard InChI is InChI=1S/C19H20ClF3N4O2/c1-27(2)10-9-12-3-6-14(7-4-12)29-16-8-5-13(11-15(16)19(21,22)23)17(28)25-18(24)26-20/h3-8,11H,9-10H2,1-2H3,(H3,24,25,26,28). The Kier molecular flexibility index (Phi) is 7.46. The van der Waals surface area contributed by atoms with Crippen molar-refractivity contribution in [3.05, 3.63) is 59.2 Å². The number of carbonyl (C=O) groups excluding carboxylic acids is 1. The Labute approximate surface area is 171 Å². The van der Waals surface area contributed by atoms with Crippen molar-refractivity contribution < 1.29 is 22.7 Å². The first-order valence-electron chi connectivity index (χ1n) is 8.48. The van der Waals surface area contributed by atoms with Crippen LogP contribution in [0.5, 0.6) is 11.5 Å². The molecule has 2 rings (SSSR count). The normalized spacial score (nSPS) is 12.2. The van der Waals surface area contributed by atoms with Crippen molar-refractivity contribution >= 4 is 23.6 Å². The highest BCUT2D eigenvalue weighted by Gasteiger charge is 2.35. The molecule has 0 radical (unpaired) electrons. The molecule has 0 heterocycles. The predicted octanol–water partition coefficient (Wildman–Crippen LogP) is 3.80. The van der Waals surface area contributed by atoms with Crippen LogP contribution in [0.25, 0.3) is 0 Å². The lowest BCUT2D eigenvalue weighted by atomic mass is 10.1. The second-order valence-electron chi connectivity index (χ2n) is 6.43. The third kappa shape index (κ3) is 6.65. The van der Waals surface area contributed by atoms with Gasteiger partial charge in [0.05, 0.1) is 5.56 Å². The van der Waals surface area contributed by atoms with Gasteiger partial charge in [-0.15, -0.1) is 4.51 Å². The Morgan fingerprint density at radius 3 is 2.41 bits per heavy atom. The van der Waals surface area contributed by atoms with Crippen molar-refractivity contribution in [3.63, 3.8) is 0 Å². The van der Waals surface area contributed by atoms with E-state index in [2.05, 4.69) is 9.83 Å². The minimum Gasteiger partial charge on any atom is -0.457 e. The topological polar surface area (TPSA) is 80.0 Å². The molecule has 156 valence electrons. The molecule has 0 aliphatic rings. The Bertz CT molecular complexity index is 884. The van der Waals surface area contributed by atoms with E-state index in [0.29, 0.717) is 6.07 Å². The minimum absolute atomic E-state index is 0.250. The van der Waals surface area contributed by atoms with E-state index in [1.165, 1.54) is 6.07 Å². The van der Waals surface area contributed by atoms with Gasteiger partial charge in [0.15, 0.2) is 0 Å². The maximum Gasteiger partial charge on any atom is 0.420 e. The van der Waals surface area contributed by atoms with Gasteiger partial charge in [0, 0.05) is 23.9 Å². The van der Waals surface area contributed by atoms with E-state index in [9.17, 15) is 18.0 Å². The summed E-state index contributed by atoms with van der Waals surface area (Å²) in [5, 5.41) is 2.07. The van der Waals surface area contributed by atoms with Crippen molar-refractivity contribution in [3.8, 4) is 11.5 Å². The lowest BCUT2D eigenvalue weighted by Crippen LogP contribution is -2.36. The largest absolute Gasteiger partial charge is 0.457 e. The Balaban J connectivity index is 2.25. The summed E-state index contributed by atoms with van der Waals surface area (Å²) in [6, 6.07) is 9.73. The SMILES string of the molecule is CN(C)CCc1ccc(Oc2ccc(C(=O)NC(N)=NCl)cc2C(F)(F)F)cc1. The molecule has 0 fully saturated rings. The summed E-state index contributed by atoms with van der Waals surface area (Å²) in [5.74, 6) is -1.48. The summed E-state index contributed by atoms with van der Waals surface area (Å²) in [6.45, 7) is 0.848. The second kappa shape index (κ2) is 9.62. The molecule has 6 nitrogen and oxygen atoms in total. The monoisotopic (exact) mass is 428 g/mol. The highest BCUT2D eigenvalue weighted by atomic mass is 35.5. The number of benzene rings is 2. The molecule has 0 bridgehead atoms. The number of guanidine groups is 1. The maximum absolute atomic E-state index is 13.5. The van der Waals surface area contributed by atoms with E-state index in [-0.39, 0.29) is 11.3 Å². The molecule has 29 heavy (non-hydrogen) atoms. The van der Waals surface area contributed by atoms with Crippen molar-refractivity contribution in [2.24, 2.45) is 10.2 Å². The Morgan fingerprint density at radius 2 is 1.86 bits per heavy atom. The maximum atomic E-state index is 13.5. The summed E-state index contributed by atoms with van der Waals surface area (Å²) in [6.07, 6.45) is -3.93. The highest BCUT2D eigenvalue weighted by molar-refractivity contribution is 6.21. The van der Waals surface area contributed by atoms with E-state index in [1.54, 1.807) is 24.3 Å². The second-order valence-corrected chi connectivity index (χ2v) is 6.60. The molecule has 0 spiro atoms. The molecule has 1 amide bonds. The molecule has 2 aromatic rings. The summed E-state index contributed by atoms with van der Waals surface area (Å²) >= 11 is 5.09. The van der Waals surface area contributed by atoms with Gasteiger partial charge in [-0.05, 0) is 56.4 Å². The number of rotatable bonds is 6. The number of likely N-dealkylation sites (N-methyl/N-ethyl adjacent to an activating group) is 1. The zero-order valence-corrected chi connectivity index (χ0v) is 16.5. The van der Waals surface area contributed by atoms with E-state index < -0.39 is 29.4 Å². The van der Waals surface area contributed by atoms with Crippen LogP contribution in [0.1, 0.15) is 21.5 Å². The van der Waals surface area contributed by atoms with Crippen LogP contribution in [0.15, 0.2) is 47.0 Å². The van der Waals surface area contributed by atoms with E-state index in [0.717, 1.165) is 24.6 Å². The smallest absolute Gasteiger partial charge is 0.420 e. The fourth-order valence-electron chi connectivity index (χ4n) is 2.40. The van der Waals surface area contributed by atoms with Gasteiger partial charge in [-0.1, -0.05) is 12.1 Å². The molecular formula is C19H20ClF3N4O2. The lowest BCUT2D eigenvalue weighted by molar-refractivity contribution is -0.138. The molecule has 0 atom stereocenters. The van der Waals surface area contributed by atoms with Gasteiger partial charge >= 0.3 is 6.18 Å². The fourth-order valence-corrected chi connectivity index (χ4v) is 2.44. The van der Waals surface area contributed by atoms with Crippen LogP contribution in [0.3, 0.4) is 0 Å². The van der Waals surface area contributed by atoms with Crippen LogP contribution in [0.4, 0.5) is 13.2 Å². The number of carbonyl (C=O) groups is 1. The van der Waals surface area contributed by atoms with Crippen LogP contribution < -0.4 is 15.8 Å². The van der Waals surface area contributed by atoms with Gasteiger partial charge in [-0.25, -0.2) is 0 Å². The number of amides is 1. The third-order valence-corrected chi connectivity index (χ3v) is 4.06. The number of halogens is 4. The van der Waals surface area contributed by atoms with Gasteiger partial charge in [-0.2, -0.15) is 13.2 Å². The van der Waals surface area contributed by atoms with Gasteiger partial charge in [0.25, 0.3) is 5.91 Å². The van der Waals surface area contributed by atoms with Crippen molar-refractivity contribution in [1.29, 1.82) is 0 Å². The average Bonchev–Trinajstić information content (AvgIpc) is 2.66. The summed E-state index contributed by atoms with van der Waals surface area (Å²) in [7, 11) is 3.91. The molecule has 2 aromatic carbocycles. The van der Waals surface area contributed by atoms with Crippen molar-refractivity contribution in [2.75, 3.05) is 20.6 Å². The zero-order chi connectivity index (χ0) is 21.6. The number of nitrogens with two attached hydrogens (primary N) is 1. The minimum atomic E-state index is -4.73. The van der Waals surface area contributed by atoms with Gasteiger partial charge in [0.1, 0.15) is 11.5 Å². The van der Waals surface area contributed by atoms with Crippen LogP contribution >= 0.6 is 11.8 Å². The molecule has 0 aromatic heterocycles. The number of hydrogen-bond acceptors (Lipinski definition) is 4. The average molecular weight is 429 g/mol. The molecule has 0 unspecified atom stereocenters. The number of nitrogens with zero attached hydrogens (tertiary/aromatic N) is 2. The van der Waals surface area contributed by atoms with E-state index in [4.69, 9.17) is 22.2 Å². The predicted molar refractivity (Wildman–Crippen MR) is 105 cm³/mol. The number of nitrogens with one attached hydrogen (secondary N) is 1. The van der Waals surface area contributed by atoms with Crippen LogP contribution in [0.2, 0.25) is 0 Å². The molecular weight excluding hydrogens is 409 g/mol. The molecule has 10 heteroatoms. The zero-order valence-electron chi connectivity index (χ0n) is 15.8. The van der Waals surface area contributed by atoms with Crippen LogP contribution in [-0.4, -0.2) is 37.4 Å². The molecule has 0 aliphatic carbocycles. The molecule has 0 aliphatic heterocycles. The first kappa shape index (κ1) is 22.5. The van der Waals surface area contributed by atoms with E-state index >= 15 is 0 Å². The Hall–Kier alpha value is -2.78. The summed E-state index contributed by atoms with van der Waals surface area (Å²) in [5.41, 5.74) is 4.92. The van der Waals surface area contributed by atoms with Crippen molar-refractivity contribution in [1.82, 2.24) is 10.2 Å². The summed E-state index contributed by atoms with van der Waals surface area (Å²) in [4.78, 5) is 14.0. The number of alkyl halides is 3. The fraction of sp³-hybridized carbons (Fsp3) is 0.263. The number of ether oxygens (including phenoxy) is 1. The molecule has 0 saturated heterocycles. The molecule has 3 N–H and O–H groups in total. The van der Waals surface area contributed by atoms with Crippen LogP contribution in [0, 0.1) is 0 Å². The van der Waals surface area contributed by atoms with Gasteiger partial charge < -0.3 is 15.4 Å². The van der Waals surface area contributed by atoms with Crippen LogP contribution in [-0.2, 0) is 12.6 Å². The van der Waals surface area contributed by atoms with Crippen molar-refractivity contribution in [2.45, 2.75) is 12.6 Å². The Morgan fingerprint density at radius 1 is 1.21 bits per heavy atom.